The van der Waals surface area contributed by atoms with Crippen molar-refractivity contribution in [1.82, 2.24) is 14.8 Å². The molecule has 2 saturated heterocycles. The Labute approximate surface area is 156 Å². The lowest BCUT2D eigenvalue weighted by Crippen LogP contribution is -2.50. The van der Waals surface area contributed by atoms with Crippen LogP contribution < -0.4 is 0 Å². The summed E-state index contributed by atoms with van der Waals surface area (Å²) in [6.45, 7) is 6.07. The molecule has 0 saturated carbocycles. The van der Waals surface area contributed by atoms with Gasteiger partial charge in [-0.25, -0.2) is 9.78 Å². The Morgan fingerprint density at radius 1 is 1.36 bits per heavy atom. The first-order chi connectivity index (χ1) is 12.0. The minimum absolute atomic E-state index is 0.0533. The van der Waals surface area contributed by atoms with Crippen molar-refractivity contribution in [2.45, 2.75) is 45.2 Å². The molecule has 0 aliphatic carbocycles. The zero-order chi connectivity index (χ0) is 18.0. The number of pyridine rings is 1. The molecule has 1 atom stereocenters. The number of carbonyl (C=O) groups is 2. The maximum absolute atomic E-state index is 12.6. The molecule has 7 heteroatoms. The topological polar surface area (TPSA) is 62.7 Å². The molecule has 3 rings (SSSR count). The van der Waals surface area contributed by atoms with Crippen molar-refractivity contribution >= 4 is 27.9 Å². The Balaban J connectivity index is 1.61. The molecule has 0 N–H and O–H groups in total. The average Bonchev–Trinajstić information content (AvgIpc) is 2.94. The Hall–Kier alpha value is -1.63. The molecule has 6 nitrogen and oxygen atoms in total. The van der Waals surface area contributed by atoms with Gasteiger partial charge in [-0.05, 0) is 53.2 Å². The van der Waals surface area contributed by atoms with Crippen molar-refractivity contribution in [2.75, 3.05) is 19.7 Å². The van der Waals surface area contributed by atoms with Crippen LogP contribution in [0, 0.1) is 5.92 Å². The van der Waals surface area contributed by atoms with E-state index in [9.17, 15) is 9.59 Å². The van der Waals surface area contributed by atoms with Gasteiger partial charge in [0.2, 0.25) is 0 Å². The minimum Gasteiger partial charge on any atom is -0.447 e. The molecular formula is C18H24BrN3O3. The normalized spacial score (nSPS) is 21.8. The maximum atomic E-state index is 12.6. The lowest BCUT2D eigenvalue weighted by Gasteiger charge is -2.38. The average molecular weight is 410 g/mol. The van der Waals surface area contributed by atoms with Crippen molar-refractivity contribution in [3.63, 3.8) is 0 Å². The van der Waals surface area contributed by atoms with Crippen LogP contribution >= 0.6 is 15.9 Å². The first kappa shape index (κ1) is 18.2. The number of nitrogens with zero attached hydrogens (tertiary/aromatic N) is 3. The highest BCUT2D eigenvalue weighted by Crippen LogP contribution is 2.27. The van der Waals surface area contributed by atoms with E-state index in [2.05, 4.69) is 34.8 Å². The molecule has 2 aliphatic heterocycles. The van der Waals surface area contributed by atoms with Gasteiger partial charge in [-0.15, -0.1) is 0 Å². The molecule has 0 bridgehead atoms. The zero-order valence-electron chi connectivity index (χ0n) is 14.7. The van der Waals surface area contributed by atoms with E-state index in [1.165, 1.54) is 0 Å². The lowest BCUT2D eigenvalue weighted by atomic mass is 9.98. The summed E-state index contributed by atoms with van der Waals surface area (Å²) in [4.78, 5) is 32.7. The van der Waals surface area contributed by atoms with Crippen LogP contribution in [-0.4, -0.2) is 58.6 Å². The van der Waals surface area contributed by atoms with E-state index < -0.39 is 0 Å². The number of rotatable bonds is 4. The molecule has 2 aliphatic rings. The molecule has 1 aromatic rings. The molecule has 3 heterocycles. The number of cyclic esters (lactones) is 1. The molecule has 0 unspecified atom stereocenters. The second kappa shape index (κ2) is 7.72. The summed E-state index contributed by atoms with van der Waals surface area (Å²) in [6, 6.07) is 5.66. The Morgan fingerprint density at radius 3 is 2.72 bits per heavy atom. The van der Waals surface area contributed by atoms with E-state index in [-0.39, 0.29) is 24.1 Å². The van der Waals surface area contributed by atoms with Gasteiger partial charge in [0.1, 0.15) is 16.9 Å². The first-order valence-electron chi connectivity index (χ1n) is 8.82. The SMILES string of the molecule is CC(C)C[C@@H]1COC(=O)N1C1CCN(C(=O)c2cccc(Br)n2)CC1. The van der Waals surface area contributed by atoms with Gasteiger partial charge in [0.25, 0.3) is 5.91 Å². The Morgan fingerprint density at radius 2 is 2.08 bits per heavy atom. The van der Waals surface area contributed by atoms with E-state index in [0.717, 1.165) is 19.3 Å². The number of halogens is 1. The van der Waals surface area contributed by atoms with Gasteiger partial charge in [-0.1, -0.05) is 19.9 Å². The monoisotopic (exact) mass is 409 g/mol. The van der Waals surface area contributed by atoms with Gasteiger partial charge in [-0.2, -0.15) is 0 Å². The molecule has 1 aromatic heterocycles. The number of aromatic nitrogens is 1. The number of hydrogen-bond acceptors (Lipinski definition) is 4. The molecule has 0 radical (unpaired) electrons. The number of ether oxygens (including phenoxy) is 1. The van der Waals surface area contributed by atoms with Crippen LogP contribution in [0.4, 0.5) is 4.79 Å². The summed E-state index contributed by atoms with van der Waals surface area (Å²) >= 11 is 3.30. The molecule has 0 aromatic carbocycles. The van der Waals surface area contributed by atoms with Crippen LogP contribution in [-0.2, 0) is 4.74 Å². The highest BCUT2D eigenvalue weighted by Gasteiger charge is 2.40. The molecular weight excluding hydrogens is 386 g/mol. The summed E-state index contributed by atoms with van der Waals surface area (Å²) in [5.74, 6) is 0.466. The predicted molar refractivity (Wildman–Crippen MR) is 97.3 cm³/mol. The highest BCUT2D eigenvalue weighted by atomic mass is 79.9. The van der Waals surface area contributed by atoms with Gasteiger partial charge >= 0.3 is 6.09 Å². The molecule has 25 heavy (non-hydrogen) atoms. The van der Waals surface area contributed by atoms with Crippen molar-refractivity contribution < 1.29 is 14.3 Å². The minimum atomic E-state index is -0.205. The van der Waals surface area contributed by atoms with Crippen LogP contribution in [0.5, 0.6) is 0 Å². The number of piperidine rings is 1. The molecule has 0 spiro atoms. The third-order valence-electron chi connectivity index (χ3n) is 4.83. The fraction of sp³-hybridized carbons (Fsp3) is 0.611. The lowest BCUT2D eigenvalue weighted by molar-refractivity contribution is 0.0624. The van der Waals surface area contributed by atoms with E-state index in [1.807, 2.05) is 15.9 Å². The summed E-state index contributed by atoms with van der Waals surface area (Å²) in [5.41, 5.74) is 0.450. The van der Waals surface area contributed by atoms with Crippen molar-refractivity contribution in [1.29, 1.82) is 0 Å². The second-order valence-corrected chi connectivity index (χ2v) is 7.95. The van der Waals surface area contributed by atoms with Gasteiger partial charge in [-0.3, -0.25) is 9.69 Å². The van der Waals surface area contributed by atoms with Crippen LogP contribution in [0.15, 0.2) is 22.8 Å². The Kier molecular flexibility index (Phi) is 5.61. The van der Waals surface area contributed by atoms with Gasteiger partial charge in [0.15, 0.2) is 0 Å². The third kappa shape index (κ3) is 4.14. The highest BCUT2D eigenvalue weighted by molar-refractivity contribution is 9.10. The summed E-state index contributed by atoms with van der Waals surface area (Å²) in [5, 5.41) is 0. The summed E-state index contributed by atoms with van der Waals surface area (Å²) < 4.78 is 5.94. The van der Waals surface area contributed by atoms with E-state index in [1.54, 1.807) is 12.1 Å². The van der Waals surface area contributed by atoms with Crippen molar-refractivity contribution in [3.05, 3.63) is 28.5 Å². The predicted octanol–water partition coefficient (Wildman–Crippen LogP) is 3.32. The number of hydrogen-bond donors (Lipinski definition) is 0. The molecule has 2 fully saturated rings. The van der Waals surface area contributed by atoms with Gasteiger partial charge < -0.3 is 9.64 Å². The van der Waals surface area contributed by atoms with Crippen LogP contribution in [0.1, 0.15) is 43.6 Å². The summed E-state index contributed by atoms with van der Waals surface area (Å²) in [6.07, 6.45) is 2.31. The van der Waals surface area contributed by atoms with E-state index in [4.69, 9.17) is 4.74 Å². The standard InChI is InChI=1S/C18H24BrN3O3/c1-12(2)10-14-11-25-18(24)22(14)13-6-8-21(9-7-13)17(23)15-4-3-5-16(19)20-15/h3-5,12-14H,6-11H2,1-2H3/t14-/m1/s1. The second-order valence-electron chi connectivity index (χ2n) is 7.14. The number of amides is 2. The van der Waals surface area contributed by atoms with Crippen molar-refractivity contribution in [3.8, 4) is 0 Å². The fourth-order valence-electron chi connectivity index (χ4n) is 3.68. The first-order valence-corrected chi connectivity index (χ1v) is 9.62. The number of carbonyl (C=O) groups excluding carboxylic acids is 2. The van der Waals surface area contributed by atoms with Crippen molar-refractivity contribution in [2.24, 2.45) is 5.92 Å². The van der Waals surface area contributed by atoms with E-state index in [0.29, 0.717) is 35.9 Å². The molecule has 2 amide bonds. The van der Waals surface area contributed by atoms with E-state index >= 15 is 0 Å². The third-order valence-corrected chi connectivity index (χ3v) is 5.27. The number of likely N-dealkylation sites (tertiary alicyclic amines) is 1. The quantitative estimate of drug-likeness (QED) is 0.715. The zero-order valence-corrected chi connectivity index (χ0v) is 16.2. The largest absolute Gasteiger partial charge is 0.447 e. The summed E-state index contributed by atoms with van der Waals surface area (Å²) in [7, 11) is 0. The molecule has 136 valence electrons. The smallest absolute Gasteiger partial charge is 0.410 e. The fourth-order valence-corrected chi connectivity index (χ4v) is 4.02. The van der Waals surface area contributed by atoms with Gasteiger partial charge in [0, 0.05) is 19.1 Å². The van der Waals surface area contributed by atoms with Crippen LogP contribution in [0.3, 0.4) is 0 Å². The van der Waals surface area contributed by atoms with Crippen LogP contribution in [0.25, 0.3) is 0 Å². The van der Waals surface area contributed by atoms with Crippen LogP contribution in [0.2, 0.25) is 0 Å². The maximum Gasteiger partial charge on any atom is 0.410 e. The van der Waals surface area contributed by atoms with Gasteiger partial charge in [0.05, 0.1) is 6.04 Å². The Bertz CT molecular complexity index is 644.